The van der Waals surface area contributed by atoms with Crippen molar-refractivity contribution in [2.24, 2.45) is 0 Å². The molecular formula is C18H16N4O4S2. The molecule has 0 atom stereocenters. The predicted octanol–water partition coefficient (Wildman–Crippen LogP) is 3.59. The summed E-state index contributed by atoms with van der Waals surface area (Å²) in [7, 11) is 0. The number of hydrogen-bond acceptors (Lipinski definition) is 7. The van der Waals surface area contributed by atoms with Crippen molar-refractivity contribution in [3.8, 4) is 0 Å². The summed E-state index contributed by atoms with van der Waals surface area (Å²) in [6.45, 7) is 5.66. The average molecular weight is 416 g/mol. The van der Waals surface area contributed by atoms with E-state index < -0.39 is 10.8 Å². The lowest BCUT2D eigenvalue weighted by Gasteiger charge is -2.10. The molecule has 2 aromatic heterocycles. The second-order valence-corrected chi connectivity index (χ2v) is 7.69. The Bertz CT molecular complexity index is 1140. The molecule has 1 N–H and O–H groups in total. The fourth-order valence-electron chi connectivity index (χ4n) is 2.55. The van der Waals surface area contributed by atoms with Crippen LogP contribution in [-0.4, -0.2) is 26.1 Å². The maximum Gasteiger partial charge on any atom is 0.293 e. The summed E-state index contributed by atoms with van der Waals surface area (Å²) >= 11 is 2.44. The number of nitrogens with zero attached hydrogens (tertiary/aromatic N) is 3. The number of nitro groups is 1. The van der Waals surface area contributed by atoms with Crippen molar-refractivity contribution in [1.82, 2.24) is 9.55 Å². The van der Waals surface area contributed by atoms with Crippen molar-refractivity contribution in [2.75, 3.05) is 11.1 Å². The number of nitro benzene ring substituents is 1. The topological polar surface area (TPSA) is 107 Å². The number of nitrogens with one attached hydrogen (secondary N) is 1. The van der Waals surface area contributed by atoms with Crippen LogP contribution in [0.3, 0.4) is 0 Å². The molecule has 0 fully saturated rings. The van der Waals surface area contributed by atoms with Crippen LogP contribution in [0.5, 0.6) is 0 Å². The predicted molar refractivity (Wildman–Crippen MR) is 111 cm³/mol. The van der Waals surface area contributed by atoms with Crippen molar-refractivity contribution in [3.05, 3.63) is 68.3 Å². The summed E-state index contributed by atoms with van der Waals surface area (Å²) in [5.41, 5.74) is 0.496. The van der Waals surface area contributed by atoms with Crippen molar-refractivity contribution < 1.29 is 9.72 Å². The number of amides is 1. The van der Waals surface area contributed by atoms with E-state index in [2.05, 4.69) is 16.9 Å². The van der Waals surface area contributed by atoms with Gasteiger partial charge in [0.25, 0.3) is 11.2 Å². The zero-order valence-electron chi connectivity index (χ0n) is 14.9. The Labute approximate surface area is 168 Å². The molecule has 0 aliphatic carbocycles. The summed E-state index contributed by atoms with van der Waals surface area (Å²) in [5, 5.41) is 16.4. The third-order valence-electron chi connectivity index (χ3n) is 3.82. The summed E-state index contributed by atoms with van der Waals surface area (Å²) < 4.78 is 1.45. The van der Waals surface area contributed by atoms with Gasteiger partial charge in [-0.3, -0.25) is 24.3 Å². The molecular weight excluding hydrogens is 400 g/mol. The number of aromatic nitrogens is 2. The number of fused-ring (bicyclic) bond motifs is 1. The van der Waals surface area contributed by atoms with Gasteiger partial charge in [0.15, 0.2) is 5.16 Å². The molecule has 8 nitrogen and oxygen atoms in total. The molecule has 3 rings (SSSR count). The molecule has 10 heteroatoms. The Balaban J connectivity index is 1.80. The first kappa shape index (κ1) is 19.8. The monoisotopic (exact) mass is 416 g/mol. The van der Waals surface area contributed by atoms with E-state index in [0.717, 1.165) is 17.3 Å². The quantitative estimate of drug-likeness (QED) is 0.207. The van der Waals surface area contributed by atoms with Gasteiger partial charge >= 0.3 is 0 Å². The molecule has 3 aromatic rings. The van der Waals surface area contributed by atoms with Crippen LogP contribution in [-0.2, 0) is 11.3 Å². The smallest absolute Gasteiger partial charge is 0.293 e. The lowest BCUT2D eigenvalue weighted by atomic mass is 10.2. The molecule has 0 bridgehead atoms. The number of benzene rings is 1. The minimum atomic E-state index is -0.538. The van der Waals surface area contributed by atoms with Crippen LogP contribution in [0.4, 0.5) is 11.4 Å². The third-order valence-corrected chi connectivity index (χ3v) is 5.60. The molecule has 28 heavy (non-hydrogen) atoms. The van der Waals surface area contributed by atoms with Crippen LogP contribution in [0.2, 0.25) is 0 Å². The average Bonchev–Trinajstić information content (AvgIpc) is 3.13. The number of rotatable bonds is 7. The van der Waals surface area contributed by atoms with E-state index in [1.165, 1.54) is 28.0 Å². The van der Waals surface area contributed by atoms with Crippen molar-refractivity contribution in [1.29, 1.82) is 0 Å². The minimum absolute atomic E-state index is 0.0501. The number of carbonyl (C=O) groups excluding carboxylic acids is 1. The molecule has 0 radical (unpaired) electrons. The summed E-state index contributed by atoms with van der Waals surface area (Å²) in [6.07, 6.45) is 1.58. The first-order valence-corrected chi connectivity index (χ1v) is 10.0. The van der Waals surface area contributed by atoms with E-state index in [1.54, 1.807) is 30.5 Å². The number of aryl methyl sites for hydroxylation is 1. The molecule has 1 amide bonds. The highest BCUT2D eigenvalue weighted by molar-refractivity contribution is 7.99. The summed E-state index contributed by atoms with van der Waals surface area (Å²) in [6, 6.07) is 6.30. The molecule has 0 unspecified atom stereocenters. The van der Waals surface area contributed by atoms with E-state index >= 15 is 0 Å². The number of carbonyl (C=O) groups is 1. The summed E-state index contributed by atoms with van der Waals surface area (Å²) in [4.78, 5) is 40.6. The zero-order valence-corrected chi connectivity index (χ0v) is 16.5. The van der Waals surface area contributed by atoms with Gasteiger partial charge in [-0.25, -0.2) is 4.98 Å². The maximum absolute atomic E-state index is 12.6. The molecule has 0 saturated carbocycles. The van der Waals surface area contributed by atoms with E-state index in [4.69, 9.17) is 0 Å². The molecule has 0 spiro atoms. The molecule has 0 aliphatic heterocycles. The van der Waals surface area contributed by atoms with Gasteiger partial charge in [0, 0.05) is 12.6 Å². The van der Waals surface area contributed by atoms with Gasteiger partial charge in [-0.05, 0) is 30.0 Å². The second kappa shape index (κ2) is 8.36. The number of thiophene rings is 1. The van der Waals surface area contributed by atoms with Crippen molar-refractivity contribution in [2.45, 2.75) is 18.6 Å². The number of allylic oxidation sites excluding steroid dienone is 1. The highest BCUT2D eigenvalue weighted by Crippen LogP contribution is 2.26. The largest absolute Gasteiger partial charge is 0.320 e. The third kappa shape index (κ3) is 4.12. The van der Waals surface area contributed by atoms with Gasteiger partial charge < -0.3 is 5.32 Å². The Morgan fingerprint density at radius 1 is 1.46 bits per heavy atom. The Kier molecular flexibility index (Phi) is 5.90. The van der Waals surface area contributed by atoms with Crippen LogP contribution in [0.25, 0.3) is 10.2 Å². The lowest BCUT2D eigenvalue weighted by Crippen LogP contribution is -2.23. The van der Waals surface area contributed by atoms with Gasteiger partial charge in [-0.1, -0.05) is 23.9 Å². The first-order chi connectivity index (χ1) is 13.4. The van der Waals surface area contributed by atoms with Crippen LogP contribution < -0.4 is 10.9 Å². The Morgan fingerprint density at radius 2 is 2.25 bits per heavy atom. The highest BCUT2D eigenvalue weighted by Gasteiger charge is 2.17. The maximum atomic E-state index is 12.6. The zero-order chi connectivity index (χ0) is 20.3. The SMILES string of the molecule is C=CCn1c(SCC(=O)Nc2ccc(C)cc2[N+](=O)[O-])nc2sccc2c1=O. The van der Waals surface area contributed by atoms with E-state index in [1.807, 2.05) is 0 Å². The van der Waals surface area contributed by atoms with Crippen LogP contribution >= 0.6 is 23.1 Å². The van der Waals surface area contributed by atoms with Crippen LogP contribution in [0.1, 0.15) is 5.56 Å². The second-order valence-electron chi connectivity index (χ2n) is 5.85. The van der Waals surface area contributed by atoms with Gasteiger partial charge in [0.1, 0.15) is 10.5 Å². The number of thioether (sulfide) groups is 1. The standard InChI is InChI=1S/C18H16N4O4S2/c1-3-7-21-17(24)12-6-8-27-16(12)20-18(21)28-10-15(23)19-13-5-4-11(2)9-14(13)22(25)26/h3-6,8-9H,1,7,10H2,2H3,(H,19,23). The number of anilines is 1. The van der Waals surface area contributed by atoms with Crippen molar-refractivity contribution >= 4 is 50.6 Å². The normalized spacial score (nSPS) is 10.8. The van der Waals surface area contributed by atoms with Crippen molar-refractivity contribution in [3.63, 3.8) is 0 Å². The van der Waals surface area contributed by atoms with Gasteiger partial charge in [-0.15, -0.1) is 17.9 Å². The minimum Gasteiger partial charge on any atom is -0.320 e. The van der Waals surface area contributed by atoms with Gasteiger partial charge in [-0.2, -0.15) is 0 Å². The lowest BCUT2D eigenvalue weighted by molar-refractivity contribution is -0.384. The molecule has 0 saturated heterocycles. The first-order valence-electron chi connectivity index (χ1n) is 8.17. The Hall–Kier alpha value is -2.98. The molecule has 0 aliphatic rings. The van der Waals surface area contributed by atoms with E-state index in [9.17, 15) is 19.7 Å². The fourth-order valence-corrected chi connectivity index (χ4v) is 4.16. The van der Waals surface area contributed by atoms with Crippen LogP contribution in [0.15, 0.2) is 52.3 Å². The number of hydrogen-bond donors (Lipinski definition) is 1. The highest BCUT2D eigenvalue weighted by atomic mass is 32.2. The fraction of sp³-hybridized carbons (Fsp3) is 0.167. The Morgan fingerprint density at radius 3 is 2.96 bits per heavy atom. The molecule has 1 aromatic carbocycles. The van der Waals surface area contributed by atoms with Crippen LogP contribution in [0, 0.1) is 17.0 Å². The molecule has 2 heterocycles. The summed E-state index contributed by atoms with van der Waals surface area (Å²) in [5.74, 6) is -0.478. The molecule has 144 valence electrons. The van der Waals surface area contributed by atoms with Gasteiger partial charge in [0.05, 0.1) is 16.1 Å². The van der Waals surface area contributed by atoms with Gasteiger partial charge in [0.2, 0.25) is 5.91 Å². The van der Waals surface area contributed by atoms with E-state index in [-0.39, 0.29) is 29.2 Å². The van der Waals surface area contributed by atoms with E-state index in [0.29, 0.717) is 15.4 Å².